The average Bonchev–Trinajstić information content (AvgIpc) is 2.47. The van der Waals surface area contributed by atoms with Crippen LogP contribution in [0.4, 0.5) is 0 Å². The Labute approximate surface area is 136 Å². The van der Waals surface area contributed by atoms with Crippen LogP contribution in [0.5, 0.6) is 0 Å². The smallest absolute Gasteiger partial charge is 0.224 e. The second kappa shape index (κ2) is 7.44. The van der Waals surface area contributed by atoms with E-state index in [-0.39, 0.29) is 5.91 Å². The number of rotatable bonds is 5. The molecule has 0 aromatic heterocycles. The van der Waals surface area contributed by atoms with Crippen LogP contribution in [-0.4, -0.2) is 44.5 Å². The maximum Gasteiger partial charge on any atom is 0.224 e. The molecule has 0 unspecified atom stereocenters. The molecule has 1 N–H and O–H groups in total. The topological polar surface area (TPSA) is 66.5 Å². The van der Waals surface area contributed by atoms with Crippen LogP contribution in [0.3, 0.4) is 0 Å². The highest BCUT2D eigenvalue weighted by Gasteiger charge is 2.24. The van der Waals surface area contributed by atoms with Crippen LogP contribution in [0, 0.1) is 5.92 Å². The molecule has 0 aliphatic carbocycles. The van der Waals surface area contributed by atoms with Gasteiger partial charge in [-0.15, -0.1) is 0 Å². The van der Waals surface area contributed by atoms with Gasteiger partial charge in [0, 0.05) is 24.7 Å². The monoisotopic (exact) mass is 344 g/mol. The lowest BCUT2D eigenvalue weighted by atomic mass is 9.98. The van der Waals surface area contributed by atoms with Gasteiger partial charge in [-0.25, -0.2) is 12.7 Å². The minimum absolute atomic E-state index is 0.0205. The van der Waals surface area contributed by atoms with Gasteiger partial charge in [0.1, 0.15) is 0 Å². The predicted molar refractivity (Wildman–Crippen MR) is 87.3 cm³/mol. The molecule has 0 atom stereocenters. The Bertz CT molecular complexity index is 608. The number of halogens is 1. The van der Waals surface area contributed by atoms with E-state index in [1.54, 1.807) is 12.1 Å². The van der Waals surface area contributed by atoms with E-state index >= 15 is 0 Å². The molecule has 1 aromatic rings. The molecule has 122 valence electrons. The van der Waals surface area contributed by atoms with Crippen molar-refractivity contribution in [3.8, 4) is 0 Å². The average molecular weight is 345 g/mol. The molecule has 2 rings (SSSR count). The van der Waals surface area contributed by atoms with E-state index in [0.29, 0.717) is 37.0 Å². The molecule has 0 radical (unpaired) electrons. The molecule has 1 aliphatic heterocycles. The summed E-state index contributed by atoms with van der Waals surface area (Å²) in [6.45, 7) is 1.68. The summed E-state index contributed by atoms with van der Waals surface area (Å²) in [6, 6.07) is 7.22. The summed E-state index contributed by atoms with van der Waals surface area (Å²) in [5.74, 6) is 0.319. The molecule has 1 aliphatic rings. The minimum atomic E-state index is -3.09. The van der Waals surface area contributed by atoms with Gasteiger partial charge in [-0.3, -0.25) is 4.79 Å². The van der Waals surface area contributed by atoms with Crippen LogP contribution < -0.4 is 5.32 Å². The molecule has 0 spiro atoms. The summed E-state index contributed by atoms with van der Waals surface area (Å²) in [5.41, 5.74) is 0.925. The van der Waals surface area contributed by atoms with E-state index in [1.807, 2.05) is 12.1 Å². The van der Waals surface area contributed by atoms with E-state index in [1.165, 1.54) is 10.6 Å². The minimum Gasteiger partial charge on any atom is -0.356 e. The van der Waals surface area contributed by atoms with Gasteiger partial charge < -0.3 is 5.32 Å². The first kappa shape index (κ1) is 17.2. The number of nitrogens with one attached hydrogen (secondary N) is 1. The van der Waals surface area contributed by atoms with E-state index in [9.17, 15) is 13.2 Å². The number of benzene rings is 1. The van der Waals surface area contributed by atoms with Crippen molar-refractivity contribution >= 4 is 27.5 Å². The normalized spacial score (nSPS) is 17.4. The van der Waals surface area contributed by atoms with Crippen molar-refractivity contribution in [1.29, 1.82) is 0 Å². The van der Waals surface area contributed by atoms with Crippen LogP contribution in [0.1, 0.15) is 18.4 Å². The van der Waals surface area contributed by atoms with E-state index < -0.39 is 10.0 Å². The maximum absolute atomic E-state index is 11.9. The van der Waals surface area contributed by atoms with Gasteiger partial charge >= 0.3 is 0 Å². The largest absolute Gasteiger partial charge is 0.356 e. The van der Waals surface area contributed by atoms with Gasteiger partial charge in [-0.05, 0) is 36.5 Å². The zero-order valence-electron chi connectivity index (χ0n) is 12.6. The Balaban J connectivity index is 1.72. The third-order valence-corrected chi connectivity index (χ3v) is 5.46. The quantitative estimate of drug-likeness (QED) is 0.883. The van der Waals surface area contributed by atoms with E-state index in [2.05, 4.69) is 5.32 Å². The zero-order chi connectivity index (χ0) is 16.2. The number of carbonyl (C=O) groups is 1. The molecule has 1 aromatic carbocycles. The van der Waals surface area contributed by atoms with Crippen LogP contribution in [0.2, 0.25) is 5.02 Å². The van der Waals surface area contributed by atoms with Gasteiger partial charge in [-0.1, -0.05) is 23.7 Å². The first-order chi connectivity index (χ1) is 10.3. The summed E-state index contributed by atoms with van der Waals surface area (Å²) in [6.07, 6.45) is 3.14. The third kappa shape index (κ3) is 5.26. The van der Waals surface area contributed by atoms with Crippen molar-refractivity contribution in [3.05, 3.63) is 34.9 Å². The Kier molecular flexibility index (Phi) is 5.83. The fraction of sp³-hybridized carbons (Fsp3) is 0.533. The maximum atomic E-state index is 11.9. The van der Waals surface area contributed by atoms with Crippen molar-refractivity contribution in [3.63, 3.8) is 0 Å². The van der Waals surface area contributed by atoms with Crippen molar-refractivity contribution in [1.82, 2.24) is 9.62 Å². The third-order valence-electron chi connectivity index (χ3n) is 3.91. The molecule has 22 heavy (non-hydrogen) atoms. The van der Waals surface area contributed by atoms with Gasteiger partial charge in [0.25, 0.3) is 0 Å². The lowest BCUT2D eigenvalue weighted by molar-refractivity contribution is -0.120. The number of sulfonamides is 1. The number of carbonyl (C=O) groups excluding carboxylic acids is 1. The number of piperidine rings is 1. The van der Waals surface area contributed by atoms with Gasteiger partial charge in [-0.2, -0.15) is 0 Å². The highest BCUT2D eigenvalue weighted by atomic mass is 35.5. The second-order valence-electron chi connectivity index (χ2n) is 5.71. The Hall–Kier alpha value is -1.11. The molecule has 0 bridgehead atoms. The highest BCUT2D eigenvalue weighted by Crippen LogP contribution is 2.18. The SMILES string of the molecule is CS(=O)(=O)N1CCC(CNC(=O)Cc2ccc(Cl)cc2)CC1. The Morgan fingerprint density at radius 1 is 1.27 bits per heavy atom. The molecular weight excluding hydrogens is 324 g/mol. The molecule has 1 saturated heterocycles. The predicted octanol–water partition coefficient (Wildman–Crippen LogP) is 1.67. The summed E-state index contributed by atoms with van der Waals surface area (Å²) in [7, 11) is -3.09. The fourth-order valence-electron chi connectivity index (χ4n) is 2.55. The van der Waals surface area contributed by atoms with Crippen LogP contribution in [-0.2, 0) is 21.2 Å². The molecule has 0 saturated carbocycles. The molecule has 7 heteroatoms. The van der Waals surface area contributed by atoms with Crippen molar-refractivity contribution in [2.45, 2.75) is 19.3 Å². The molecule has 1 fully saturated rings. The molecule has 1 heterocycles. The number of nitrogens with zero attached hydrogens (tertiary/aromatic N) is 1. The van der Waals surface area contributed by atoms with E-state index in [4.69, 9.17) is 11.6 Å². The summed E-state index contributed by atoms with van der Waals surface area (Å²) in [4.78, 5) is 11.9. The zero-order valence-corrected chi connectivity index (χ0v) is 14.2. The van der Waals surface area contributed by atoms with Crippen molar-refractivity contribution < 1.29 is 13.2 Å². The summed E-state index contributed by atoms with van der Waals surface area (Å²) < 4.78 is 24.4. The Morgan fingerprint density at radius 2 is 1.86 bits per heavy atom. The first-order valence-electron chi connectivity index (χ1n) is 7.31. The van der Waals surface area contributed by atoms with Gasteiger partial charge in [0.15, 0.2) is 0 Å². The lowest BCUT2D eigenvalue weighted by Crippen LogP contribution is -2.41. The van der Waals surface area contributed by atoms with Gasteiger partial charge in [0.2, 0.25) is 15.9 Å². The summed E-state index contributed by atoms with van der Waals surface area (Å²) in [5, 5.41) is 3.58. The lowest BCUT2D eigenvalue weighted by Gasteiger charge is -2.30. The first-order valence-corrected chi connectivity index (χ1v) is 9.53. The molecule has 5 nitrogen and oxygen atoms in total. The number of hydrogen-bond donors (Lipinski definition) is 1. The fourth-order valence-corrected chi connectivity index (χ4v) is 3.55. The van der Waals surface area contributed by atoms with Gasteiger partial charge in [0.05, 0.1) is 12.7 Å². The van der Waals surface area contributed by atoms with Crippen LogP contribution in [0.25, 0.3) is 0 Å². The van der Waals surface area contributed by atoms with E-state index in [0.717, 1.165) is 18.4 Å². The molecular formula is C15H21ClN2O3S. The Morgan fingerprint density at radius 3 is 2.41 bits per heavy atom. The standard InChI is InChI=1S/C15H21ClN2O3S/c1-22(20,21)18-8-6-13(7-9-18)11-17-15(19)10-12-2-4-14(16)5-3-12/h2-5,13H,6-11H2,1H3,(H,17,19). The summed E-state index contributed by atoms with van der Waals surface area (Å²) >= 11 is 5.81. The van der Waals surface area contributed by atoms with Crippen molar-refractivity contribution in [2.75, 3.05) is 25.9 Å². The molecule has 1 amide bonds. The van der Waals surface area contributed by atoms with Crippen molar-refractivity contribution in [2.24, 2.45) is 5.92 Å². The number of amides is 1. The van der Waals surface area contributed by atoms with Crippen LogP contribution in [0.15, 0.2) is 24.3 Å². The second-order valence-corrected chi connectivity index (χ2v) is 8.13. The van der Waals surface area contributed by atoms with Crippen LogP contribution >= 0.6 is 11.6 Å². The highest BCUT2D eigenvalue weighted by molar-refractivity contribution is 7.88. The number of hydrogen-bond acceptors (Lipinski definition) is 3.